The van der Waals surface area contributed by atoms with Crippen molar-refractivity contribution in [3.63, 3.8) is 0 Å². The normalized spacial score (nSPS) is 15.3. The van der Waals surface area contributed by atoms with E-state index in [1.165, 1.54) is 25.3 Å². The van der Waals surface area contributed by atoms with E-state index < -0.39 is 4.92 Å². The Morgan fingerprint density at radius 2 is 2.12 bits per heavy atom. The minimum atomic E-state index is -0.546. The van der Waals surface area contributed by atoms with Gasteiger partial charge in [0.05, 0.1) is 18.1 Å². The Morgan fingerprint density at radius 1 is 1.42 bits per heavy atom. The van der Waals surface area contributed by atoms with E-state index in [4.69, 9.17) is 15.2 Å². The number of nitrogens with zero attached hydrogens (tertiary/aromatic N) is 2. The van der Waals surface area contributed by atoms with E-state index in [9.17, 15) is 14.9 Å². The fourth-order valence-electron chi connectivity index (χ4n) is 2.70. The van der Waals surface area contributed by atoms with Gasteiger partial charge in [-0.25, -0.2) is 0 Å². The Kier molecular flexibility index (Phi) is 6.51. The molecule has 1 aromatic rings. The molecule has 24 heavy (non-hydrogen) atoms. The highest BCUT2D eigenvalue weighted by Crippen LogP contribution is 2.26. The number of piperidine rings is 1. The van der Waals surface area contributed by atoms with Crippen LogP contribution >= 0.6 is 0 Å². The van der Waals surface area contributed by atoms with Crippen LogP contribution in [0.15, 0.2) is 18.2 Å². The number of carbonyl (C=O) groups excluding carboxylic acids is 1. The SMILES string of the molecule is COc1ccc([N+](=O)[O-])c(C(=O)N2CCC(OCCCN)CC2)c1. The summed E-state index contributed by atoms with van der Waals surface area (Å²) in [7, 11) is 1.46. The molecule has 1 heterocycles. The maximum Gasteiger partial charge on any atom is 0.282 e. The highest BCUT2D eigenvalue weighted by Gasteiger charge is 2.29. The third-order valence-corrected chi connectivity index (χ3v) is 4.06. The van der Waals surface area contributed by atoms with Gasteiger partial charge < -0.3 is 20.1 Å². The lowest BCUT2D eigenvalue weighted by Gasteiger charge is -2.32. The molecular formula is C16H23N3O5. The molecule has 0 atom stereocenters. The molecule has 0 saturated carbocycles. The average Bonchev–Trinajstić information content (AvgIpc) is 2.61. The number of benzene rings is 1. The summed E-state index contributed by atoms with van der Waals surface area (Å²) in [5.41, 5.74) is 5.29. The zero-order valence-corrected chi connectivity index (χ0v) is 13.8. The summed E-state index contributed by atoms with van der Waals surface area (Å²) >= 11 is 0. The molecule has 1 amide bonds. The van der Waals surface area contributed by atoms with Gasteiger partial charge in [0.25, 0.3) is 11.6 Å². The van der Waals surface area contributed by atoms with Gasteiger partial charge in [-0.1, -0.05) is 0 Å². The number of methoxy groups -OCH3 is 1. The van der Waals surface area contributed by atoms with Crippen molar-refractivity contribution < 1.29 is 19.2 Å². The van der Waals surface area contributed by atoms with E-state index in [0.717, 1.165) is 6.42 Å². The fraction of sp³-hybridized carbons (Fsp3) is 0.562. The highest BCUT2D eigenvalue weighted by molar-refractivity contribution is 5.98. The average molecular weight is 337 g/mol. The second-order valence-electron chi connectivity index (χ2n) is 5.64. The van der Waals surface area contributed by atoms with Crippen molar-refractivity contribution in [2.24, 2.45) is 5.73 Å². The van der Waals surface area contributed by atoms with Crippen LogP contribution in [0.25, 0.3) is 0 Å². The maximum absolute atomic E-state index is 12.7. The van der Waals surface area contributed by atoms with Crippen LogP contribution < -0.4 is 10.5 Å². The van der Waals surface area contributed by atoms with Crippen LogP contribution in [0.3, 0.4) is 0 Å². The first-order valence-electron chi connectivity index (χ1n) is 8.00. The number of carbonyl (C=O) groups is 1. The Morgan fingerprint density at radius 3 is 2.71 bits per heavy atom. The molecule has 0 radical (unpaired) electrons. The number of nitrogens with two attached hydrogens (primary N) is 1. The van der Waals surface area contributed by atoms with Crippen molar-refractivity contribution in [1.29, 1.82) is 0 Å². The molecule has 1 aromatic carbocycles. The maximum atomic E-state index is 12.7. The van der Waals surface area contributed by atoms with E-state index in [1.54, 1.807) is 4.90 Å². The Hall–Kier alpha value is -2.19. The zero-order valence-electron chi connectivity index (χ0n) is 13.8. The molecule has 0 bridgehead atoms. The Labute approximate surface area is 140 Å². The van der Waals surface area contributed by atoms with E-state index in [2.05, 4.69) is 0 Å². The predicted octanol–water partition coefficient (Wildman–Crippen LogP) is 1.57. The Bertz CT molecular complexity index is 585. The molecule has 0 spiro atoms. The number of nitro groups is 1. The van der Waals surface area contributed by atoms with Gasteiger partial charge in [-0.3, -0.25) is 14.9 Å². The molecule has 8 heteroatoms. The van der Waals surface area contributed by atoms with E-state index >= 15 is 0 Å². The monoisotopic (exact) mass is 337 g/mol. The number of nitro benzene ring substituents is 1. The van der Waals surface area contributed by atoms with Crippen LogP contribution in [-0.4, -0.2) is 55.2 Å². The van der Waals surface area contributed by atoms with Gasteiger partial charge in [0, 0.05) is 25.8 Å². The summed E-state index contributed by atoms with van der Waals surface area (Å²) in [4.78, 5) is 24.9. The van der Waals surface area contributed by atoms with Gasteiger partial charge in [0.15, 0.2) is 0 Å². The number of hydrogen-bond acceptors (Lipinski definition) is 6. The van der Waals surface area contributed by atoms with Crippen molar-refractivity contribution >= 4 is 11.6 Å². The quantitative estimate of drug-likeness (QED) is 0.460. The predicted molar refractivity (Wildman–Crippen MR) is 88.2 cm³/mol. The number of likely N-dealkylation sites (tertiary alicyclic amines) is 1. The lowest BCUT2D eigenvalue weighted by molar-refractivity contribution is -0.385. The second kappa shape index (κ2) is 8.60. The van der Waals surface area contributed by atoms with Crippen LogP contribution in [0.1, 0.15) is 29.6 Å². The summed E-state index contributed by atoms with van der Waals surface area (Å²) in [5.74, 6) is 0.0740. The molecule has 1 aliphatic heterocycles. The molecule has 2 N–H and O–H groups in total. The van der Waals surface area contributed by atoms with Crippen LogP contribution in [0, 0.1) is 10.1 Å². The number of amides is 1. The highest BCUT2D eigenvalue weighted by atomic mass is 16.6. The van der Waals surface area contributed by atoms with Crippen molar-refractivity contribution in [1.82, 2.24) is 4.90 Å². The van der Waals surface area contributed by atoms with Crippen molar-refractivity contribution in [2.45, 2.75) is 25.4 Å². The standard InChI is InChI=1S/C16H23N3O5/c1-23-13-3-4-15(19(21)22)14(11-13)16(20)18-8-5-12(6-9-18)24-10-2-7-17/h3-4,11-12H,2,5-10,17H2,1H3. The Balaban J connectivity index is 2.03. The minimum Gasteiger partial charge on any atom is -0.497 e. The molecule has 0 unspecified atom stereocenters. The number of ether oxygens (including phenoxy) is 2. The summed E-state index contributed by atoms with van der Waals surface area (Å²) in [6.07, 6.45) is 2.36. The first-order valence-corrected chi connectivity index (χ1v) is 8.00. The first-order chi connectivity index (χ1) is 11.6. The van der Waals surface area contributed by atoms with Gasteiger partial charge in [-0.2, -0.15) is 0 Å². The molecule has 0 aliphatic carbocycles. The summed E-state index contributed by atoms with van der Waals surface area (Å²) < 4.78 is 10.8. The van der Waals surface area contributed by atoms with Crippen LogP contribution in [0.2, 0.25) is 0 Å². The lowest BCUT2D eigenvalue weighted by atomic mass is 10.1. The molecule has 1 fully saturated rings. The zero-order chi connectivity index (χ0) is 17.5. The number of rotatable bonds is 7. The minimum absolute atomic E-state index is 0.0573. The summed E-state index contributed by atoms with van der Waals surface area (Å²) in [6, 6.07) is 4.20. The van der Waals surface area contributed by atoms with Gasteiger partial charge in [0.2, 0.25) is 0 Å². The first kappa shape index (κ1) is 18.2. The van der Waals surface area contributed by atoms with Crippen LogP contribution in [0.5, 0.6) is 5.75 Å². The largest absolute Gasteiger partial charge is 0.497 e. The van der Waals surface area contributed by atoms with Gasteiger partial charge in [0.1, 0.15) is 11.3 Å². The van der Waals surface area contributed by atoms with Gasteiger partial charge in [-0.15, -0.1) is 0 Å². The fourth-order valence-corrected chi connectivity index (χ4v) is 2.70. The van der Waals surface area contributed by atoms with Crippen molar-refractivity contribution in [2.75, 3.05) is 33.4 Å². The molecule has 8 nitrogen and oxygen atoms in total. The van der Waals surface area contributed by atoms with E-state index in [1.807, 2.05) is 0 Å². The number of hydrogen-bond donors (Lipinski definition) is 1. The summed E-state index contributed by atoms with van der Waals surface area (Å²) in [5, 5.41) is 11.2. The molecule has 2 rings (SSSR count). The third-order valence-electron chi connectivity index (χ3n) is 4.06. The van der Waals surface area contributed by atoms with Crippen LogP contribution in [-0.2, 0) is 4.74 Å². The smallest absolute Gasteiger partial charge is 0.282 e. The van der Waals surface area contributed by atoms with Gasteiger partial charge >= 0.3 is 0 Å². The lowest BCUT2D eigenvalue weighted by Crippen LogP contribution is -2.41. The third kappa shape index (κ3) is 4.42. The topological polar surface area (TPSA) is 108 Å². The molecule has 1 aliphatic rings. The van der Waals surface area contributed by atoms with Gasteiger partial charge in [-0.05, 0) is 37.9 Å². The molecular weight excluding hydrogens is 314 g/mol. The van der Waals surface area contributed by atoms with Crippen molar-refractivity contribution in [3.8, 4) is 5.75 Å². The molecule has 132 valence electrons. The summed E-state index contributed by atoms with van der Waals surface area (Å²) in [6.45, 7) is 2.24. The second-order valence-corrected chi connectivity index (χ2v) is 5.64. The molecule has 1 saturated heterocycles. The molecule has 0 aromatic heterocycles. The van der Waals surface area contributed by atoms with E-state index in [-0.39, 0.29) is 23.3 Å². The van der Waals surface area contributed by atoms with Crippen molar-refractivity contribution in [3.05, 3.63) is 33.9 Å². The van der Waals surface area contributed by atoms with E-state index in [0.29, 0.717) is 44.8 Å². The van der Waals surface area contributed by atoms with Crippen LogP contribution in [0.4, 0.5) is 5.69 Å².